The average Bonchev–Trinajstić information content (AvgIpc) is 3.73. The first-order valence-corrected chi connectivity index (χ1v) is 20.2. The number of carbonyl (C=O) groups is 7. The Kier molecular flexibility index (Phi) is 10.7. The summed E-state index contributed by atoms with van der Waals surface area (Å²) in [5, 5.41) is 0. The Balaban J connectivity index is 1.49. The SMILES string of the molecule is COC(=O)C1=C(C(=O)OC)SC2(S1)C(C(=O)OC)=C(C(=O)OC)SC1=C2c2cc(C)ccc2N(C(=O)[C@H](Cc2ccccc2)N2C(=O)c3ccccc3C2=O)C1(C)C. The molecule has 3 aromatic carbocycles. The van der Waals surface area contributed by atoms with E-state index in [9.17, 15) is 28.8 Å². The second-order valence-corrected chi connectivity index (χ2v) is 17.7. The largest absolute Gasteiger partial charge is 0.466 e. The second-order valence-electron chi connectivity index (χ2n) is 13.9. The standard InChI is InChI=1S/C42H36N2O11S3/c1-21-17-18-26-25(19-21)28-33(56-30(38(49)53-5)29(37(48)52-4)42(28)57-31(39(50)54-6)32(58-42)40(51)55-7)41(2,3)44(26)36(47)27(20-22-13-9-8-10-14-22)43-34(45)23-15-11-12-16-24(23)35(43)46/h8-19,27H,20H2,1-7H3/t27-/m0/s1. The van der Waals surface area contributed by atoms with Gasteiger partial charge in [0.2, 0.25) is 0 Å². The van der Waals surface area contributed by atoms with E-state index in [0.29, 0.717) is 27.3 Å². The van der Waals surface area contributed by atoms with Crippen LogP contribution in [0.3, 0.4) is 0 Å². The van der Waals surface area contributed by atoms with Gasteiger partial charge in [-0.3, -0.25) is 24.2 Å². The first-order valence-electron chi connectivity index (χ1n) is 17.8. The lowest BCUT2D eigenvalue weighted by atomic mass is 9.82. The summed E-state index contributed by atoms with van der Waals surface area (Å²) in [6.07, 6.45) is -0.0255. The molecule has 4 heterocycles. The molecular weight excluding hydrogens is 805 g/mol. The van der Waals surface area contributed by atoms with Crippen LogP contribution < -0.4 is 4.90 Å². The summed E-state index contributed by atoms with van der Waals surface area (Å²) in [6.45, 7) is 5.31. The van der Waals surface area contributed by atoms with Gasteiger partial charge in [0.05, 0.1) is 56.4 Å². The quantitative estimate of drug-likeness (QED) is 0.152. The van der Waals surface area contributed by atoms with E-state index < -0.39 is 57.3 Å². The van der Waals surface area contributed by atoms with Crippen LogP contribution in [0.1, 0.15) is 51.3 Å². The van der Waals surface area contributed by atoms with Crippen molar-refractivity contribution in [3.63, 3.8) is 0 Å². The maximum atomic E-state index is 15.7. The number of carbonyl (C=O) groups excluding carboxylic acids is 7. The van der Waals surface area contributed by atoms with Crippen LogP contribution in [0.25, 0.3) is 5.57 Å². The van der Waals surface area contributed by atoms with Crippen molar-refractivity contribution in [3.8, 4) is 0 Å². The van der Waals surface area contributed by atoms with Gasteiger partial charge in [-0.2, -0.15) is 0 Å². The molecule has 0 saturated carbocycles. The highest BCUT2D eigenvalue weighted by Crippen LogP contribution is 2.71. The Morgan fingerprint density at radius 1 is 0.672 bits per heavy atom. The lowest BCUT2D eigenvalue weighted by Gasteiger charge is -2.51. The molecule has 7 rings (SSSR count). The van der Waals surface area contributed by atoms with Gasteiger partial charge in [0.25, 0.3) is 17.7 Å². The highest BCUT2D eigenvalue weighted by Gasteiger charge is 2.62. The first kappa shape index (κ1) is 40.6. The van der Waals surface area contributed by atoms with E-state index in [4.69, 9.17) is 18.9 Å². The topological polar surface area (TPSA) is 163 Å². The van der Waals surface area contributed by atoms with Gasteiger partial charge in [0.15, 0.2) is 0 Å². The predicted octanol–water partition coefficient (Wildman–Crippen LogP) is 5.82. The molecule has 298 valence electrons. The molecule has 13 nitrogen and oxygen atoms in total. The van der Waals surface area contributed by atoms with Crippen LogP contribution in [0.15, 0.2) is 98.0 Å². The third-order valence-corrected chi connectivity index (χ3v) is 14.9. The molecule has 0 fully saturated rings. The molecule has 0 aliphatic carbocycles. The Morgan fingerprint density at radius 2 is 1.19 bits per heavy atom. The zero-order valence-electron chi connectivity index (χ0n) is 32.3. The zero-order chi connectivity index (χ0) is 41.8. The molecule has 1 atom stereocenters. The number of amides is 3. The first-order chi connectivity index (χ1) is 27.7. The molecule has 3 aromatic rings. The number of benzene rings is 3. The number of methoxy groups -OCH3 is 4. The van der Waals surface area contributed by atoms with Crippen molar-refractivity contribution in [2.24, 2.45) is 0 Å². The number of anilines is 1. The fourth-order valence-corrected chi connectivity index (χ4v) is 12.6. The van der Waals surface area contributed by atoms with E-state index in [1.165, 1.54) is 4.90 Å². The maximum Gasteiger partial charge on any atom is 0.345 e. The van der Waals surface area contributed by atoms with Crippen molar-refractivity contribution in [3.05, 3.63) is 126 Å². The van der Waals surface area contributed by atoms with Crippen LogP contribution in [0.5, 0.6) is 0 Å². The number of hydrogen-bond acceptors (Lipinski definition) is 14. The Morgan fingerprint density at radius 3 is 1.72 bits per heavy atom. The van der Waals surface area contributed by atoms with Gasteiger partial charge < -0.3 is 18.9 Å². The minimum atomic E-state index is -1.79. The van der Waals surface area contributed by atoms with E-state index >= 15 is 4.79 Å². The van der Waals surface area contributed by atoms with E-state index in [2.05, 4.69) is 0 Å². The van der Waals surface area contributed by atoms with Crippen LogP contribution in [0.2, 0.25) is 0 Å². The Bertz CT molecular complexity index is 2390. The second kappa shape index (κ2) is 15.3. The Hall–Kier alpha value is -5.58. The highest BCUT2D eigenvalue weighted by molar-refractivity contribution is 8.26. The minimum Gasteiger partial charge on any atom is -0.466 e. The summed E-state index contributed by atoms with van der Waals surface area (Å²) in [5.74, 6) is -5.47. The fraction of sp³-hybridized carbons (Fsp3) is 0.262. The smallest absolute Gasteiger partial charge is 0.345 e. The number of thioether (sulfide) groups is 3. The summed E-state index contributed by atoms with van der Waals surface area (Å²) in [4.78, 5) is 101. The van der Waals surface area contributed by atoms with E-state index in [1.807, 2.05) is 13.0 Å². The van der Waals surface area contributed by atoms with Crippen molar-refractivity contribution in [1.82, 2.24) is 4.90 Å². The van der Waals surface area contributed by atoms with E-state index in [1.54, 1.807) is 80.6 Å². The van der Waals surface area contributed by atoms with Gasteiger partial charge >= 0.3 is 23.9 Å². The number of aryl methyl sites for hydroxylation is 1. The van der Waals surface area contributed by atoms with Crippen LogP contribution in [0.4, 0.5) is 5.69 Å². The van der Waals surface area contributed by atoms with Crippen LogP contribution in [-0.2, 0) is 49.3 Å². The number of fused-ring (bicyclic) bond motifs is 4. The van der Waals surface area contributed by atoms with Crippen molar-refractivity contribution >= 4 is 88.1 Å². The Labute approximate surface area is 346 Å². The summed E-state index contributed by atoms with van der Waals surface area (Å²) < 4.78 is 18.9. The molecule has 0 radical (unpaired) electrons. The van der Waals surface area contributed by atoms with E-state index in [-0.39, 0.29) is 37.8 Å². The van der Waals surface area contributed by atoms with Crippen molar-refractivity contribution in [2.45, 2.75) is 42.9 Å². The maximum absolute atomic E-state index is 15.7. The summed E-state index contributed by atoms with van der Waals surface area (Å²) in [5.41, 5.74) is 1.31. The number of ether oxygens (including phenoxy) is 4. The number of nitrogens with zero attached hydrogens (tertiary/aromatic N) is 2. The molecular formula is C42H36N2O11S3. The summed E-state index contributed by atoms with van der Waals surface area (Å²) in [7, 11) is 4.57. The van der Waals surface area contributed by atoms with Gasteiger partial charge in [0.1, 0.15) is 24.8 Å². The minimum absolute atomic E-state index is 0.0255. The third kappa shape index (κ3) is 6.25. The van der Waals surface area contributed by atoms with Crippen LogP contribution in [0, 0.1) is 6.92 Å². The molecule has 0 saturated heterocycles. The molecule has 0 aromatic heterocycles. The van der Waals surface area contributed by atoms with Gasteiger partial charge in [0, 0.05) is 22.5 Å². The van der Waals surface area contributed by atoms with Gasteiger partial charge in [-0.1, -0.05) is 89.4 Å². The van der Waals surface area contributed by atoms with Crippen molar-refractivity contribution in [1.29, 1.82) is 0 Å². The molecule has 4 aliphatic heterocycles. The summed E-state index contributed by atoms with van der Waals surface area (Å²) >= 11 is 2.53. The van der Waals surface area contributed by atoms with Gasteiger partial charge in [-0.25, -0.2) is 19.2 Å². The van der Waals surface area contributed by atoms with Gasteiger partial charge in [-0.05, 0) is 50.6 Å². The third-order valence-electron chi connectivity index (χ3n) is 10.2. The van der Waals surface area contributed by atoms with Gasteiger partial charge in [-0.15, -0.1) is 0 Å². The average molecular weight is 841 g/mol. The fourth-order valence-electron chi connectivity index (χ4n) is 7.59. The van der Waals surface area contributed by atoms with E-state index in [0.717, 1.165) is 74.2 Å². The van der Waals surface area contributed by atoms with Crippen molar-refractivity contribution < 1.29 is 52.5 Å². The number of rotatable bonds is 8. The normalized spacial score (nSPS) is 18.1. The molecule has 0 bridgehead atoms. The number of imide groups is 1. The van der Waals surface area contributed by atoms with Crippen LogP contribution in [-0.4, -0.2) is 90.6 Å². The molecule has 58 heavy (non-hydrogen) atoms. The zero-order valence-corrected chi connectivity index (χ0v) is 34.8. The highest BCUT2D eigenvalue weighted by atomic mass is 32.2. The summed E-state index contributed by atoms with van der Waals surface area (Å²) in [6, 6.07) is 19.4. The monoisotopic (exact) mass is 840 g/mol. The number of esters is 4. The van der Waals surface area contributed by atoms with Crippen LogP contribution >= 0.6 is 35.3 Å². The number of hydrogen-bond donors (Lipinski definition) is 0. The molecule has 1 spiro atoms. The molecule has 0 unspecified atom stereocenters. The predicted molar refractivity (Wildman–Crippen MR) is 218 cm³/mol. The van der Waals surface area contributed by atoms with Crippen molar-refractivity contribution in [2.75, 3.05) is 33.3 Å². The molecule has 4 aliphatic rings. The lowest BCUT2D eigenvalue weighted by molar-refractivity contribution is -0.138. The molecule has 3 amide bonds. The molecule has 0 N–H and O–H groups in total. The lowest BCUT2D eigenvalue weighted by Crippen LogP contribution is -2.60. The molecule has 16 heteroatoms.